The molecule has 0 bridgehead atoms. The summed E-state index contributed by atoms with van der Waals surface area (Å²) in [6.45, 7) is 0.0318. The Balaban J connectivity index is 2.73. The lowest BCUT2D eigenvalue weighted by molar-refractivity contribution is 0.230. The van der Waals surface area contributed by atoms with Gasteiger partial charge in [-0.1, -0.05) is 12.0 Å². The maximum Gasteiger partial charge on any atom is 0.322 e. The quantitative estimate of drug-likeness (QED) is 0.746. The second-order valence-corrected chi connectivity index (χ2v) is 3.51. The van der Waals surface area contributed by atoms with E-state index >= 15 is 0 Å². The van der Waals surface area contributed by atoms with Crippen LogP contribution in [0, 0.1) is 11.8 Å². The number of anilines is 1. The summed E-state index contributed by atoms with van der Waals surface area (Å²) in [7, 11) is 3.31. The van der Waals surface area contributed by atoms with Gasteiger partial charge in [-0.25, -0.2) is 9.78 Å². The van der Waals surface area contributed by atoms with Gasteiger partial charge in [-0.15, -0.1) is 0 Å². The molecule has 2 N–H and O–H groups in total. The number of urea groups is 1. The molecule has 17 heavy (non-hydrogen) atoms. The Kier molecular flexibility index (Phi) is 4.98. The average Bonchev–Trinajstić information content (AvgIpc) is 2.30. The number of carbonyl (C=O) groups is 1. The molecule has 1 aromatic heterocycles. The molecule has 0 aromatic carbocycles. The molecule has 0 fully saturated rings. The molecule has 0 aliphatic heterocycles. The van der Waals surface area contributed by atoms with Crippen molar-refractivity contribution >= 4 is 11.8 Å². The zero-order chi connectivity index (χ0) is 12.7. The van der Waals surface area contributed by atoms with Gasteiger partial charge in [0.15, 0.2) is 0 Å². The maximum absolute atomic E-state index is 11.4. The minimum Gasteiger partial charge on any atom is -0.395 e. The fraction of sp³-hybridized carbons (Fsp3) is 0.333. The lowest BCUT2D eigenvalue weighted by atomic mass is 10.3. The number of nitrogens with one attached hydrogen (secondary N) is 1. The van der Waals surface area contributed by atoms with Gasteiger partial charge in [0, 0.05) is 20.5 Å². The van der Waals surface area contributed by atoms with E-state index in [4.69, 9.17) is 5.11 Å². The number of rotatable bonds is 2. The van der Waals surface area contributed by atoms with Crippen LogP contribution < -0.4 is 5.32 Å². The van der Waals surface area contributed by atoms with Gasteiger partial charge >= 0.3 is 6.03 Å². The summed E-state index contributed by atoms with van der Waals surface area (Å²) in [5, 5.41) is 11.2. The molecular weight excluding hydrogens is 218 g/mol. The van der Waals surface area contributed by atoms with E-state index in [0.29, 0.717) is 17.9 Å². The van der Waals surface area contributed by atoms with Crippen LogP contribution in [0.3, 0.4) is 0 Å². The lowest BCUT2D eigenvalue weighted by Crippen LogP contribution is -2.27. The van der Waals surface area contributed by atoms with Crippen molar-refractivity contribution in [2.75, 3.05) is 26.0 Å². The molecule has 0 saturated carbocycles. The average molecular weight is 233 g/mol. The molecule has 0 atom stereocenters. The van der Waals surface area contributed by atoms with Crippen molar-refractivity contribution < 1.29 is 9.90 Å². The summed E-state index contributed by atoms with van der Waals surface area (Å²) < 4.78 is 0. The van der Waals surface area contributed by atoms with E-state index in [0.717, 1.165) is 0 Å². The Morgan fingerprint density at radius 1 is 1.53 bits per heavy atom. The van der Waals surface area contributed by atoms with Crippen molar-refractivity contribution in [2.24, 2.45) is 0 Å². The van der Waals surface area contributed by atoms with Crippen LogP contribution in [0.2, 0.25) is 0 Å². The molecule has 0 spiro atoms. The monoisotopic (exact) mass is 233 g/mol. The van der Waals surface area contributed by atoms with E-state index in [1.165, 1.54) is 4.90 Å². The number of carbonyl (C=O) groups excluding carboxylic acids is 1. The number of aliphatic hydroxyl groups is 1. The molecule has 90 valence electrons. The molecule has 0 aliphatic rings. The second kappa shape index (κ2) is 6.51. The van der Waals surface area contributed by atoms with Crippen LogP contribution >= 0.6 is 0 Å². The van der Waals surface area contributed by atoms with Crippen LogP contribution in [-0.4, -0.2) is 41.7 Å². The van der Waals surface area contributed by atoms with Crippen molar-refractivity contribution in [3.63, 3.8) is 0 Å². The second-order valence-electron chi connectivity index (χ2n) is 3.51. The number of hydrogen-bond acceptors (Lipinski definition) is 3. The third-order valence-electron chi connectivity index (χ3n) is 1.84. The fourth-order valence-corrected chi connectivity index (χ4v) is 1.00. The van der Waals surface area contributed by atoms with Crippen molar-refractivity contribution in [1.82, 2.24) is 9.88 Å². The van der Waals surface area contributed by atoms with Crippen LogP contribution in [0.1, 0.15) is 12.1 Å². The molecule has 1 heterocycles. The number of nitrogens with zero attached hydrogens (tertiary/aromatic N) is 2. The summed E-state index contributed by atoms with van der Waals surface area (Å²) in [4.78, 5) is 17.0. The molecule has 0 saturated heterocycles. The summed E-state index contributed by atoms with van der Waals surface area (Å²) in [6.07, 6.45) is 0.413. The standard InChI is InChI=1S/C12H15N3O2/c1-15(2)12(17)14-11-8-5-7-10(13-11)6-3-4-9-16/h5,7-8,16H,4,9H2,1-2H3,(H,13,14,17). The number of hydrogen-bond donors (Lipinski definition) is 2. The highest BCUT2D eigenvalue weighted by Crippen LogP contribution is 2.04. The normalized spacial score (nSPS) is 9.12. The molecule has 5 heteroatoms. The van der Waals surface area contributed by atoms with Crippen molar-refractivity contribution in [3.05, 3.63) is 23.9 Å². The van der Waals surface area contributed by atoms with E-state index in [-0.39, 0.29) is 12.6 Å². The third-order valence-corrected chi connectivity index (χ3v) is 1.84. The zero-order valence-electron chi connectivity index (χ0n) is 9.90. The smallest absolute Gasteiger partial charge is 0.322 e. The largest absolute Gasteiger partial charge is 0.395 e. The number of amides is 2. The van der Waals surface area contributed by atoms with Gasteiger partial charge in [-0.05, 0) is 18.1 Å². The molecule has 1 aromatic rings. The Hall–Kier alpha value is -2.06. The van der Waals surface area contributed by atoms with Crippen molar-refractivity contribution in [3.8, 4) is 11.8 Å². The predicted molar refractivity (Wildman–Crippen MR) is 65.5 cm³/mol. The van der Waals surface area contributed by atoms with Gasteiger partial charge in [0.25, 0.3) is 0 Å². The maximum atomic E-state index is 11.4. The molecule has 5 nitrogen and oxygen atoms in total. The Morgan fingerprint density at radius 2 is 2.29 bits per heavy atom. The van der Waals surface area contributed by atoms with Crippen molar-refractivity contribution in [2.45, 2.75) is 6.42 Å². The predicted octanol–water partition coefficient (Wildman–Crippen LogP) is 0.909. The minimum absolute atomic E-state index is 0.0318. The molecule has 0 aliphatic carbocycles. The van der Waals surface area contributed by atoms with Gasteiger partial charge in [0.1, 0.15) is 11.5 Å². The number of aromatic nitrogens is 1. The zero-order valence-corrected chi connectivity index (χ0v) is 9.90. The van der Waals surface area contributed by atoms with Gasteiger partial charge in [0.2, 0.25) is 0 Å². The minimum atomic E-state index is -0.238. The molecule has 2 amide bonds. The topological polar surface area (TPSA) is 65.5 Å². The van der Waals surface area contributed by atoms with Crippen molar-refractivity contribution in [1.29, 1.82) is 0 Å². The lowest BCUT2D eigenvalue weighted by Gasteiger charge is -2.11. The van der Waals surface area contributed by atoms with E-state index < -0.39 is 0 Å². The van der Waals surface area contributed by atoms with Gasteiger partial charge < -0.3 is 10.0 Å². The van der Waals surface area contributed by atoms with Gasteiger partial charge in [-0.2, -0.15) is 0 Å². The summed E-state index contributed by atoms with van der Waals surface area (Å²) in [5.41, 5.74) is 0.565. The summed E-state index contributed by atoms with van der Waals surface area (Å²) >= 11 is 0. The van der Waals surface area contributed by atoms with Crippen LogP contribution in [0.15, 0.2) is 18.2 Å². The van der Waals surface area contributed by atoms with E-state index in [9.17, 15) is 4.79 Å². The van der Waals surface area contributed by atoms with Crippen LogP contribution in [0.25, 0.3) is 0 Å². The molecule has 1 rings (SSSR count). The summed E-state index contributed by atoms with van der Waals surface area (Å²) in [6, 6.07) is 4.97. The third kappa shape index (κ3) is 4.53. The van der Waals surface area contributed by atoms with E-state index in [1.54, 1.807) is 32.3 Å². The van der Waals surface area contributed by atoms with E-state index in [2.05, 4.69) is 22.1 Å². The number of pyridine rings is 1. The molecule has 0 unspecified atom stereocenters. The first kappa shape index (κ1) is 13.0. The highest BCUT2D eigenvalue weighted by molar-refractivity contribution is 5.87. The van der Waals surface area contributed by atoms with Crippen LogP contribution in [0.4, 0.5) is 10.6 Å². The highest BCUT2D eigenvalue weighted by Gasteiger charge is 2.04. The first-order valence-corrected chi connectivity index (χ1v) is 5.18. The first-order chi connectivity index (χ1) is 8.13. The number of aliphatic hydroxyl groups excluding tert-OH is 1. The van der Waals surface area contributed by atoms with Crippen LogP contribution in [0.5, 0.6) is 0 Å². The molecular formula is C12H15N3O2. The Morgan fingerprint density at radius 3 is 2.94 bits per heavy atom. The SMILES string of the molecule is CN(C)C(=O)Nc1cccc(C#CCCO)n1. The highest BCUT2D eigenvalue weighted by atomic mass is 16.2. The van der Waals surface area contributed by atoms with Gasteiger partial charge in [0.05, 0.1) is 6.61 Å². The van der Waals surface area contributed by atoms with Gasteiger partial charge in [-0.3, -0.25) is 5.32 Å². The van der Waals surface area contributed by atoms with E-state index in [1.807, 2.05) is 0 Å². The fourth-order valence-electron chi connectivity index (χ4n) is 1.00. The summed E-state index contributed by atoms with van der Waals surface area (Å²) in [5.74, 6) is 6.03. The van der Waals surface area contributed by atoms with Crippen LogP contribution in [-0.2, 0) is 0 Å². The Labute approximate surface area is 100 Å². The Bertz CT molecular complexity index is 447. The first-order valence-electron chi connectivity index (χ1n) is 5.18. The molecule has 0 radical (unpaired) electrons.